The second kappa shape index (κ2) is 9.19. The summed E-state index contributed by atoms with van der Waals surface area (Å²) in [5.41, 5.74) is -3.86. The molecule has 1 N–H and O–H groups in total. The average molecular weight is 575 g/mol. The predicted molar refractivity (Wildman–Crippen MR) is 120 cm³/mol. The molecule has 0 bridgehead atoms. The van der Waals surface area contributed by atoms with E-state index in [1.807, 2.05) is 0 Å². The highest BCUT2D eigenvalue weighted by molar-refractivity contribution is 9.10. The standard InChI is InChI=1S/C23H14BrF7N4O/c1-11-19(20(23(29,30)31)34-35(11)10-12-2-5-14(25)6-3-12)33-21(36)16-9-18(22(26,27)28)32-17-7-4-13(24)8-15(16)17/h2-9H,10H2,1H3,(H,33,36). The summed E-state index contributed by atoms with van der Waals surface area (Å²) in [5.74, 6) is -1.74. The third kappa shape index (κ3) is 5.20. The van der Waals surface area contributed by atoms with Crippen LogP contribution in [0.1, 0.15) is 33.0 Å². The van der Waals surface area contributed by atoms with E-state index in [0.717, 1.165) is 16.8 Å². The van der Waals surface area contributed by atoms with Crippen molar-refractivity contribution in [1.82, 2.24) is 14.8 Å². The number of nitrogens with one attached hydrogen (secondary N) is 1. The van der Waals surface area contributed by atoms with Gasteiger partial charge in [0.2, 0.25) is 0 Å². The van der Waals surface area contributed by atoms with Gasteiger partial charge in [0.05, 0.1) is 29.0 Å². The minimum Gasteiger partial charge on any atom is -0.319 e. The summed E-state index contributed by atoms with van der Waals surface area (Å²) in [6.45, 7) is 1.10. The van der Waals surface area contributed by atoms with Crippen molar-refractivity contribution < 1.29 is 35.5 Å². The van der Waals surface area contributed by atoms with Gasteiger partial charge in [-0.2, -0.15) is 31.4 Å². The predicted octanol–water partition coefficient (Wildman–Crippen LogP) is 6.98. The lowest BCUT2D eigenvalue weighted by Gasteiger charge is -2.13. The number of hydrogen-bond acceptors (Lipinski definition) is 3. The molecule has 0 aliphatic heterocycles. The van der Waals surface area contributed by atoms with Gasteiger partial charge in [0.1, 0.15) is 11.5 Å². The monoisotopic (exact) mass is 574 g/mol. The molecular formula is C23H14BrF7N4O. The zero-order valence-electron chi connectivity index (χ0n) is 18.1. The molecule has 2 aromatic carbocycles. The van der Waals surface area contributed by atoms with E-state index in [9.17, 15) is 35.5 Å². The Morgan fingerprint density at radius 3 is 2.28 bits per heavy atom. The van der Waals surface area contributed by atoms with Gasteiger partial charge in [0.25, 0.3) is 5.91 Å². The summed E-state index contributed by atoms with van der Waals surface area (Å²) >= 11 is 3.16. The van der Waals surface area contributed by atoms with Crippen LogP contribution in [0.4, 0.5) is 36.4 Å². The smallest absolute Gasteiger partial charge is 0.319 e. The molecule has 0 saturated heterocycles. The molecule has 0 unspecified atom stereocenters. The molecule has 0 saturated carbocycles. The second-order valence-electron chi connectivity index (χ2n) is 7.76. The first-order valence-electron chi connectivity index (χ1n) is 10.1. The molecule has 36 heavy (non-hydrogen) atoms. The van der Waals surface area contributed by atoms with Crippen molar-refractivity contribution in [2.45, 2.75) is 25.8 Å². The Kier molecular flexibility index (Phi) is 6.54. The van der Waals surface area contributed by atoms with Gasteiger partial charge in [-0.3, -0.25) is 9.48 Å². The van der Waals surface area contributed by atoms with E-state index in [-0.39, 0.29) is 23.1 Å². The highest BCUT2D eigenvalue weighted by Gasteiger charge is 2.40. The van der Waals surface area contributed by atoms with Crippen LogP contribution in [0.15, 0.2) is 53.0 Å². The van der Waals surface area contributed by atoms with Crippen molar-refractivity contribution in [3.05, 3.63) is 87.0 Å². The summed E-state index contributed by atoms with van der Waals surface area (Å²) in [6, 6.07) is 9.48. The third-order valence-corrected chi connectivity index (χ3v) is 5.76. The molecule has 0 aliphatic rings. The van der Waals surface area contributed by atoms with E-state index in [4.69, 9.17) is 0 Å². The van der Waals surface area contributed by atoms with Crippen molar-refractivity contribution in [3.8, 4) is 0 Å². The van der Waals surface area contributed by atoms with Crippen LogP contribution in [0, 0.1) is 12.7 Å². The molecule has 4 aromatic rings. The van der Waals surface area contributed by atoms with E-state index in [2.05, 4.69) is 31.3 Å². The summed E-state index contributed by atoms with van der Waals surface area (Å²) in [5, 5.41) is 5.66. The van der Waals surface area contributed by atoms with Crippen LogP contribution in [0.5, 0.6) is 0 Å². The number of hydrogen-bond donors (Lipinski definition) is 1. The van der Waals surface area contributed by atoms with Crippen LogP contribution in [0.2, 0.25) is 0 Å². The average Bonchev–Trinajstić information content (AvgIpc) is 3.09. The highest BCUT2D eigenvalue weighted by atomic mass is 79.9. The highest BCUT2D eigenvalue weighted by Crippen LogP contribution is 2.37. The maximum atomic E-state index is 13.8. The van der Waals surface area contributed by atoms with Crippen LogP contribution >= 0.6 is 15.9 Å². The Morgan fingerprint density at radius 1 is 1.00 bits per heavy atom. The van der Waals surface area contributed by atoms with Crippen molar-refractivity contribution in [2.75, 3.05) is 5.32 Å². The molecule has 5 nitrogen and oxygen atoms in total. The maximum absolute atomic E-state index is 13.8. The number of aromatic nitrogens is 3. The zero-order valence-corrected chi connectivity index (χ0v) is 19.7. The molecule has 13 heteroatoms. The Bertz CT molecular complexity index is 1460. The number of alkyl halides is 6. The quantitative estimate of drug-likeness (QED) is 0.267. The van der Waals surface area contributed by atoms with Gasteiger partial charge in [-0.05, 0) is 48.9 Å². The van der Waals surface area contributed by atoms with Crippen LogP contribution in [0.25, 0.3) is 10.9 Å². The van der Waals surface area contributed by atoms with Crippen LogP contribution in [-0.4, -0.2) is 20.7 Å². The van der Waals surface area contributed by atoms with Gasteiger partial charge >= 0.3 is 12.4 Å². The molecule has 0 atom stereocenters. The minimum absolute atomic E-state index is 0.000194. The van der Waals surface area contributed by atoms with E-state index in [0.29, 0.717) is 16.1 Å². The number of halogens is 8. The van der Waals surface area contributed by atoms with Crippen LogP contribution in [-0.2, 0) is 18.9 Å². The van der Waals surface area contributed by atoms with Gasteiger partial charge in [0.15, 0.2) is 5.69 Å². The van der Waals surface area contributed by atoms with Crippen LogP contribution in [0.3, 0.4) is 0 Å². The first-order valence-corrected chi connectivity index (χ1v) is 10.9. The summed E-state index contributed by atoms with van der Waals surface area (Å²) in [4.78, 5) is 16.6. The molecule has 4 rings (SSSR count). The maximum Gasteiger partial charge on any atom is 0.437 e. The molecule has 0 fully saturated rings. The summed E-state index contributed by atoms with van der Waals surface area (Å²) < 4.78 is 96.1. The van der Waals surface area contributed by atoms with Gasteiger partial charge in [-0.15, -0.1) is 0 Å². The fourth-order valence-corrected chi connectivity index (χ4v) is 3.88. The van der Waals surface area contributed by atoms with Gasteiger partial charge < -0.3 is 5.32 Å². The molecule has 0 aliphatic carbocycles. The number of anilines is 1. The van der Waals surface area contributed by atoms with E-state index < -0.39 is 46.7 Å². The fraction of sp³-hybridized carbons (Fsp3) is 0.174. The lowest BCUT2D eigenvalue weighted by atomic mass is 10.1. The summed E-state index contributed by atoms with van der Waals surface area (Å²) in [7, 11) is 0. The zero-order chi connectivity index (χ0) is 26.4. The number of nitrogens with zero attached hydrogens (tertiary/aromatic N) is 3. The number of rotatable bonds is 4. The minimum atomic E-state index is -4.98. The Balaban J connectivity index is 1.79. The molecule has 2 aromatic heterocycles. The Labute approximate surface area is 207 Å². The molecule has 0 spiro atoms. The SMILES string of the molecule is Cc1c(NC(=O)c2cc(C(F)(F)F)nc3ccc(Br)cc23)c(C(F)(F)F)nn1Cc1ccc(F)cc1. The number of benzene rings is 2. The largest absolute Gasteiger partial charge is 0.437 e. The first kappa shape index (κ1) is 25.6. The number of carbonyl (C=O) groups is 1. The number of amides is 1. The van der Waals surface area contributed by atoms with Gasteiger partial charge in [-0.1, -0.05) is 28.1 Å². The Hall–Kier alpha value is -3.48. The topological polar surface area (TPSA) is 59.8 Å². The van der Waals surface area contributed by atoms with Gasteiger partial charge in [0, 0.05) is 9.86 Å². The fourth-order valence-electron chi connectivity index (χ4n) is 3.52. The summed E-state index contributed by atoms with van der Waals surface area (Å²) in [6.07, 6.45) is -9.88. The lowest BCUT2D eigenvalue weighted by molar-refractivity contribution is -0.141. The van der Waals surface area contributed by atoms with Crippen LogP contribution < -0.4 is 5.32 Å². The van der Waals surface area contributed by atoms with E-state index in [1.165, 1.54) is 37.3 Å². The molecule has 0 radical (unpaired) electrons. The third-order valence-electron chi connectivity index (χ3n) is 5.26. The molecule has 2 heterocycles. The van der Waals surface area contributed by atoms with E-state index in [1.54, 1.807) is 0 Å². The Morgan fingerprint density at radius 2 is 1.67 bits per heavy atom. The van der Waals surface area contributed by atoms with Crippen molar-refractivity contribution >= 4 is 38.4 Å². The van der Waals surface area contributed by atoms with Crippen molar-refractivity contribution in [1.29, 1.82) is 0 Å². The van der Waals surface area contributed by atoms with Crippen molar-refractivity contribution in [3.63, 3.8) is 0 Å². The van der Waals surface area contributed by atoms with Gasteiger partial charge in [-0.25, -0.2) is 9.37 Å². The number of carbonyl (C=O) groups excluding carboxylic acids is 1. The lowest BCUT2D eigenvalue weighted by Crippen LogP contribution is -2.18. The molecular weight excluding hydrogens is 561 g/mol. The van der Waals surface area contributed by atoms with Crippen molar-refractivity contribution in [2.24, 2.45) is 0 Å². The normalized spacial score (nSPS) is 12.2. The number of fused-ring (bicyclic) bond motifs is 1. The second-order valence-corrected chi connectivity index (χ2v) is 8.67. The molecule has 1 amide bonds. The first-order chi connectivity index (χ1) is 16.7. The molecule has 188 valence electrons. The van der Waals surface area contributed by atoms with E-state index >= 15 is 0 Å². The number of pyridine rings is 1.